The van der Waals surface area contributed by atoms with Crippen LogP contribution in [0.3, 0.4) is 0 Å². The van der Waals surface area contributed by atoms with E-state index >= 15 is 0 Å². The number of pyridine rings is 1. The van der Waals surface area contributed by atoms with Crippen LogP contribution in [0.15, 0.2) is 224 Å². The summed E-state index contributed by atoms with van der Waals surface area (Å²) in [7, 11) is 0. The van der Waals surface area contributed by atoms with Crippen LogP contribution in [-0.4, -0.2) is 4.98 Å². The molecule has 0 aliphatic heterocycles. The summed E-state index contributed by atoms with van der Waals surface area (Å²) in [4.78, 5) is 5.52. The molecule has 59 heavy (non-hydrogen) atoms. The lowest BCUT2D eigenvalue weighted by molar-refractivity contribution is 0.769. The maximum absolute atomic E-state index is 5.52. The van der Waals surface area contributed by atoms with Gasteiger partial charge in [-0.1, -0.05) is 212 Å². The third kappa shape index (κ3) is 4.89. The van der Waals surface area contributed by atoms with Crippen LogP contribution in [0.1, 0.15) is 22.3 Å². The molecule has 0 saturated heterocycles. The first-order valence-corrected chi connectivity index (χ1v) is 20.5. The molecule has 11 aromatic rings. The molecule has 0 unspecified atom stereocenters. The summed E-state index contributed by atoms with van der Waals surface area (Å²) in [5.74, 6) is 0. The van der Waals surface area contributed by atoms with Crippen molar-refractivity contribution in [1.29, 1.82) is 0 Å². The second-order valence-corrected chi connectivity index (χ2v) is 15.7. The quantitative estimate of drug-likeness (QED) is 0.126. The van der Waals surface area contributed by atoms with Crippen molar-refractivity contribution < 1.29 is 0 Å². The molecule has 0 amide bonds. The summed E-state index contributed by atoms with van der Waals surface area (Å²) >= 11 is 0. The number of fused-ring (bicyclic) bond motifs is 9. The first-order valence-electron chi connectivity index (χ1n) is 20.5. The highest BCUT2D eigenvalue weighted by atomic mass is 14.7. The topological polar surface area (TPSA) is 12.9 Å². The van der Waals surface area contributed by atoms with Gasteiger partial charge in [-0.3, -0.25) is 0 Å². The smallest absolute Gasteiger partial charge is 0.0788 e. The van der Waals surface area contributed by atoms with E-state index in [1.807, 2.05) is 0 Å². The van der Waals surface area contributed by atoms with E-state index in [-0.39, 0.29) is 0 Å². The summed E-state index contributed by atoms with van der Waals surface area (Å²) in [5, 5.41) is 8.55. The van der Waals surface area contributed by atoms with Gasteiger partial charge in [0.15, 0.2) is 0 Å². The van der Waals surface area contributed by atoms with Crippen molar-refractivity contribution in [3.8, 4) is 44.6 Å². The molecule has 12 rings (SSSR count). The molecule has 1 heterocycles. The lowest BCUT2D eigenvalue weighted by Crippen LogP contribution is -2.28. The molecule has 1 aliphatic carbocycles. The van der Waals surface area contributed by atoms with Crippen molar-refractivity contribution in [3.63, 3.8) is 0 Å². The second-order valence-electron chi connectivity index (χ2n) is 15.7. The normalized spacial score (nSPS) is 12.9. The molecule has 1 aromatic heterocycles. The van der Waals surface area contributed by atoms with Gasteiger partial charge in [0, 0.05) is 21.7 Å². The van der Waals surface area contributed by atoms with Gasteiger partial charge in [0.25, 0.3) is 0 Å². The fourth-order valence-electron chi connectivity index (χ4n) is 10.4. The minimum Gasteiger partial charge on any atom is -0.247 e. The Labute approximate surface area is 343 Å². The van der Waals surface area contributed by atoms with E-state index < -0.39 is 5.41 Å². The van der Waals surface area contributed by atoms with Gasteiger partial charge >= 0.3 is 0 Å². The van der Waals surface area contributed by atoms with E-state index in [9.17, 15) is 0 Å². The Hall–Kier alpha value is -7.61. The molecule has 10 aromatic carbocycles. The Morgan fingerprint density at radius 3 is 1.44 bits per heavy atom. The Bertz CT molecular complexity index is 3320. The lowest BCUT2D eigenvalue weighted by atomic mass is 9.67. The predicted molar refractivity (Wildman–Crippen MR) is 248 cm³/mol. The van der Waals surface area contributed by atoms with Gasteiger partial charge in [-0.05, 0) is 89.3 Å². The zero-order valence-corrected chi connectivity index (χ0v) is 32.3. The zero-order chi connectivity index (χ0) is 38.9. The molecule has 1 aliphatic rings. The standard InChI is InChI=1S/C58H37N/c1-4-19-38(20-5-1)53-43-27-10-12-29-45(43)54(46-30-13-11-28-44(46)53)39-21-18-22-40(37-39)57-49-35-36-51-56(55(49)48-32-15-17-34-52(48)59-57)47-31-14-16-33-50(47)58(51,41-23-6-2-7-24-41)42-25-8-3-9-26-42/h1-37H. The van der Waals surface area contributed by atoms with Gasteiger partial charge in [-0.2, -0.15) is 0 Å². The van der Waals surface area contributed by atoms with Crippen molar-refractivity contribution in [2.24, 2.45) is 0 Å². The van der Waals surface area contributed by atoms with Gasteiger partial charge in [0.2, 0.25) is 0 Å². The van der Waals surface area contributed by atoms with E-state index in [1.54, 1.807) is 0 Å². The van der Waals surface area contributed by atoms with Crippen molar-refractivity contribution in [2.75, 3.05) is 0 Å². The Kier molecular flexibility index (Phi) is 7.52. The van der Waals surface area contributed by atoms with Crippen molar-refractivity contribution >= 4 is 43.2 Å². The van der Waals surface area contributed by atoms with Crippen molar-refractivity contribution in [1.82, 2.24) is 4.98 Å². The van der Waals surface area contributed by atoms with Gasteiger partial charge in [0.05, 0.1) is 16.6 Å². The molecule has 0 saturated carbocycles. The van der Waals surface area contributed by atoms with Gasteiger partial charge in [0.1, 0.15) is 0 Å². The van der Waals surface area contributed by atoms with Gasteiger partial charge in [-0.15, -0.1) is 0 Å². The highest BCUT2D eigenvalue weighted by Crippen LogP contribution is 2.59. The lowest BCUT2D eigenvalue weighted by Gasteiger charge is -2.34. The SMILES string of the molecule is c1ccc(-c2c3ccccc3c(-c3cccc(-c4nc5ccccc5c5c6c(ccc45)C(c4ccccc4)(c4ccccc4)c4ccccc4-6)c3)c3ccccc23)cc1. The van der Waals surface area contributed by atoms with E-state index in [4.69, 9.17) is 4.98 Å². The average molecular weight is 748 g/mol. The number of rotatable bonds is 5. The summed E-state index contributed by atoms with van der Waals surface area (Å²) in [6.07, 6.45) is 0. The molecular formula is C58H37N. The Balaban J connectivity index is 1.15. The number of hydrogen-bond acceptors (Lipinski definition) is 1. The molecule has 0 atom stereocenters. The third-order valence-electron chi connectivity index (χ3n) is 12.7. The zero-order valence-electron chi connectivity index (χ0n) is 32.3. The summed E-state index contributed by atoms with van der Waals surface area (Å²) in [6, 6.07) is 82.3. The average Bonchev–Trinajstić information content (AvgIpc) is 3.62. The number of nitrogens with zero attached hydrogens (tertiary/aromatic N) is 1. The van der Waals surface area contributed by atoms with Crippen LogP contribution in [0.25, 0.3) is 87.9 Å². The second kappa shape index (κ2) is 13.2. The van der Waals surface area contributed by atoms with Crippen molar-refractivity contribution in [2.45, 2.75) is 5.41 Å². The van der Waals surface area contributed by atoms with Crippen LogP contribution in [0.5, 0.6) is 0 Å². The van der Waals surface area contributed by atoms with Crippen LogP contribution in [-0.2, 0) is 5.41 Å². The monoisotopic (exact) mass is 747 g/mol. The number of aromatic nitrogens is 1. The Morgan fingerprint density at radius 2 is 0.797 bits per heavy atom. The van der Waals surface area contributed by atoms with Crippen LogP contribution in [0.4, 0.5) is 0 Å². The molecule has 274 valence electrons. The number of benzene rings is 10. The molecular weight excluding hydrogens is 711 g/mol. The van der Waals surface area contributed by atoms with E-state index in [0.29, 0.717) is 0 Å². The summed E-state index contributed by atoms with van der Waals surface area (Å²) in [5.41, 5.74) is 15.2. The van der Waals surface area contributed by atoms with Gasteiger partial charge < -0.3 is 0 Å². The fourth-order valence-corrected chi connectivity index (χ4v) is 10.4. The highest BCUT2D eigenvalue weighted by molar-refractivity contribution is 6.22. The predicted octanol–water partition coefficient (Wildman–Crippen LogP) is 15.1. The van der Waals surface area contributed by atoms with Crippen LogP contribution >= 0.6 is 0 Å². The van der Waals surface area contributed by atoms with Crippen LogP contribution < -0.4 is 0 Å². The molecule has 0 fully saturated rings. The minimum absolute atomic E-state index is 0.485. The molecule has 1 nitrogen and oxygen atoms in total. The molecule has 0 spiro atoms. The maximum Gasteiger partial charge on any atom is 0.0788 e. The fraction of sp³-hybridized carbons (Fsp3) is 0.0172. The van der Waals surface area contributed by atoms with Crippen LogP contribution in [0.2, 0.25) is 0 Å². The van der Waals surface area contributed by atoms with E-state index in [1.165, 1.54) is 88.0 Å². The molecule has 0 radical (unpaired) electrons. The number of hydrogen-bond donors (Lipinski definition) is 0. The van der Waals surface area contributed by atoms with Crippen LogP contribution in [0, 0.1) is 0 Å². The largest absolute Gasteiger partial charge is 0.247 e. The third-order valence-corrected chi connectivity index (χ3v) is 12.7. The Morgan fingerprint density at radius 1 is 0.305 bits per heavy atom. The minimum atomic E-state index is -0.485. The molecule has 0 N–H and O–H groups in total. The van der Waals surface area contributed by atoms with E-state index in [0.717, 1.165) is 22.2 Å². The molecule has 1 heteroatoms. The highest BCUT2D eigenvalue weighted by Gasteiger charge is 2.46. The van der Waals surface area contributed by atoms with Gasteiger partial charge in [-0.25, -0.2) is 4.98 Å². The summed E-state index contributed by atoms with van der Waals surface area (Å²) < 4.78 is 0. The van der Waals surface area contributed by atoms with Crippen molar-refractivity contribution in [3.05, 3.63) is 247 Å². The summed E-state index contributed by atoms with van der Waals surface area (Å²) in [6.45, 7) is 0. The number of para-hydroxylation sites is 1. The first-order chi connectivity index (χ1) is 29.3. The maximum atomic E-state index is 5.52. The first kappa shape index (κ1) is 33.5. The van der Waals surface area contributed by atoms with E-state index in [2.05, 4.69) is 224 Å². The molecule has 0 bridgehead atoms.